The number of nitrogens with zero attached hydrogens (tertiary/aromatic N) is 3. The Morgan fingerprint density at radius 3 is 2.21 bits per heavy atom. The zero-order chi connectivity index (χ0) is 17.1. The van der Waals surface area contributed by atoms with Crippen LogP contribution < -0.4 is 10.2 Å². The van der Waals surface area contributed by atoms with Gasteiger partial charge >= 0.3 is 6.03 Å². The number of hydrogen-bond acceptors (Lipinski definition) is 3. The third-order valence-corrected chi connectivity index (χ3v) is 4.16. The minimum atomic E-state index is -0.258. The molecule has 24 heavy (non-hydrogen) atoms. The molecule has 1 N–H and O–H groups in total. The van der Waals surface area contributed by atoms with Crippen molar-refractivity contribution in [3.8, 4) is 0 Å². The molecule has 0 aliphatic carbocycles. The second-order valence-electron chi connectivity index (χ2n) is 5.38. The van der Waals surface area contributed by atoms with Crippen molar-refractivity contribution in [3.05, 3.63) is 52.5 Å². The molecule has 0 atom stereocenters. The number of halogens is 3. The maximum absolute atomic E-state index is 13.0. The van der Waals surface area contributed by atoms with Crippen molar-refractivity contribution < 1.29 is 9.18 Å². The van der Waals surface area contributed by atoms with E-state index in [1.807, 2.05) is 0 Å². The number of amides is 2. The second-order valence-corrected chi connectivity index (χ2v) is 6.16. The number of piperazine rings is 1. The maximum atomic E-state index is 13.0. The summed E-state index contributed by atoms with van der Waals surface area (Å²) in [6.07, 6.45) is 0. The molecule has 2 aromatic rings. The van der Waals surface area contributed by atoms with Gasteiger partial charge in [0.15, 0.2) is 0 Å². The molecule has 0 spiro atoms. The van der Waals surface area contributed by atoms with Crippen LogP contribution in [-0.2, 0) is 0 Å². The molecule has 5 nitrogen and oxygen atoms in total. The number of carbonyl (C=O) groups excluding carboxylic acids is 1. The van der Waals surface area contributed by atoms with Gasteiger partial charge in [0, 0.05) is 37.6 Å². The van der Waals surface area contributed by atoms with E-state index in [0.29, 0.717) is 31.9 Å². The fraction of sp³-hybridized carbons (Fsp3) is 0.250. The lowest BCUT2D eigenvalue weighted by atomic mass is 10.2. The summed E-state index contributed by atoms with van der Waals surface area (Å²) in [6, 6.07) is 9.22. The van der Waals surface area contributed by atoms with E-state index in [4.69, 9.17) is 23.2 Å². The SMILES string of the molecule is O=C(Nc1cc(Cl)nc(Cl)c1)N1CCN(c2ccc(F)cc2)CC1. The molecule has 2 heterocycles. The van der Waals surface area contributed by atoms with Gasteiger partial charge in [0.25, 0.3) is 0 Å². The highest BCUT2D eigenvalue weighted by molar-refractivity contribution is 6.32. The van der Waals surface area contributed by atoms with Crippen LogP contribution in [0.3, 0.4) is 0 Å². The summed E-state index contributed by atoms with van der Waals surface area (Å²) in [7, 11) is 0. The van der Waals surface area contributed by atoms with Crippen LogP contribution in [0.2, 0.25) is 10.3 Å². The number of carbonyl (C=O) groups is 1. The third-order valence-electron chi connectivity index (χ3n) is 3.77. The standard InChI is InChI=1S/C16H15Cl2FN4O/c17-14-9-12(10-15(18)21-14)20-16(24)23-7-5-22(6-8-23)13-3-1-11(19)2-4-13/h1-4,9-10H,5-8H2,(H,20,21,24). The number of pyridine rings is 1. The normalized spacial score (nSPS) is 14.6. The molecular formula is C16H15Cl2FN4O. The Kier molecular flexibility index (Phi) is 5.06. The molecule has 1 aliphatic rings. The number of nitrogens with one attached hydrogen (secondary N) is 1. The fourth-order valence-corrected chi connectivity index (χ4v) is 3.02. The molecule has 0 saturated carbocycles. The van der Waals surface area contributed by atoms with Gasteiger partial charge in [-0.3, -0.25) is 0 Å². The number of aromatic nitrogens is 1. The van der Waals surface area contributed by atoms with Gasteiger partial charge in [0.2, 0.25) is 0 Å². The van der Waals surface area contributed by atoms with E-state index in [-0.39, 0.29) is 22.2 Å². The maximum Gasteiger partial charge on any atom is 0.321 e. The lowest BCUT2D eigenvalue weighted by Crippen LogP contribution is -2.50. The van der Waals surface area contributed by atoms with E-state index in [2.05, 4.69) is 15.2 Å². The first-order valence-electron chi connectivity index (χ1n) is 7.41. The van der Waals surface area contributed by atoms with Crippen LogP contribution in [0, 0.1) is 5.82 Å². The quantitative estimate of drug-likeness (QED) is 0.818. The highest BCUT2D eigenvalue weighted by Crippen LogP contribution is 2.20. The average molecular weight is 369 g/mol. The van der Waals surface area contributed by atoms with E-state index in [1.165, 1.54) is 12.1 Å². The molecule has 1 fully saturated rings. The fourth-order valence-electron chi connectivity index (χ4n) is 2.56. The van der Waals surface area contributed by atoms with Gasteiger partial charge < -0.3 is 15.1 Å². The average Bonchev–Trinajstić information content (AvgIpc) is 2.55. The van der Waals surface area contributed by atoms with Gasteiger partial charge in [-0.1, -0.05) is 23.2 Å². The molecule has 126 valence electrons. The zero-order valence-electron chi connectivity index (χ0n) is 12.7. The Balaban J connectivity index is 1.57. The van der Waals surface area contributed by atoms with Crippen molar-refractivity contribution in [2.24, 2.45) is 0 Å². The number of urea groups is 1. The smallest absolute Gasteiger partial charge is 0.321 e. The van der Waals surface area contributed by atoms with Gasteiger partial charge in [0.1, 0.15) is 16.1 Å². The Bertz CT molecular complexity index is 713. The van der Waals surface area contributed by atoms with E-state index in [9.17, 15) is 9.18 Å². The van der Waals surface area contributed by atoms with Crippen LogP contribution in [0.4, 0.5) is 20.6 Å². The summed E-state index contributed by atoms with van der Waals surface area (Å²) < 4.78 is 13.0. The molecule has 0 radical (unpaired) electrons. The molecule has 0 unspecified atom stereocenters. The Labute approximate surface area is 149 Å². The molecule has 8 heteroatoms. The number of benzene rings is 1. The Morgan fingerprint density at radius 1 is 1.04 bits per heavy atom. The minimum absolute atomic E-state index is 0.216. The van der Waals surface area contributed by atoms with Crippen molar-refractivity contribution in [1.82, 2.24) is 9.88 Å². The lowest BCUT2D eigenvalue weighted by Gasteiger charge is -2.36. The van der Waals surface area contributed by atoms with E-state index in [0.717, 1.165) is 5.69 Å². The van der Waals surface area contributed by atoms with Crippen LogP contribution in [0.5, 0.6) is 0 Å². The van der Waals surface area contributed by atoms with E-state index < -0.39 is 0 Å². The van der Waals surface area contributed by atoms with Gasteiger partial charge in [-0.15, -0.1) is 0 Å². The summed E-state index contributed by atoms with van der Waals surface area (Å²) in [5, 5.41) is 3.21. The number of rotatable bonds is 2. The van der Waals surface area contributed by atoms with Crippen LogP contribution >= 0.6 is 23.2 Å². The second kappa shape index (κ2) is 7.23. The summed E-state index contributed by atoms with van der Waals surface area (Å²) in [6.45, 7) is 2.49. The van der Waals surface area contributed by atoms with E-state index >= 15 is 0 Å². The van der Waals surface area contributed by atoms with Crippen molar-refractivity contribution in [2.75, 3.05) is 36.4 Å². The van der Waals surface area contributed by atoms with Crippen molar-refractivity contribution >= 4 is 40.6 Å². The summed E-state index contributed by atoms with van der Waals surface area (Å²) >= 11 is 11.6. The van der Waals surface area contributed by atoms with Crippen molar-refractivity contribution in [2.45, 2.75) is 0 Å². The molecule has 2 amide bonds. The summed E-state index contributed by atoms with van der Waals surface area (Å²) in [4.78, 5) is 20.0. The van der Waals surface area contributed by atoms with Gasteiger partial charge in [-0.05, 0) is 36.4 Å². The third kappa shape index (κ3) is 4.07. The highest BCUT2D eigenvalue weighted by atomic mass is 35.5. The lowest BCUT2D eigenvalue weighted by molar-refractivity contribution is 0.208. The minimum Gasteiger partial charge on any atom is -0.368 e. The molecular weight excluding hydrogens is 354 g/mol. The largest absolute Gasteiger partial charge is 0.368 e. The number of hydrogen-bond donors (Lipinski definition) is 1. The summed E-state index contributed by atoms with van der Waals surface area (Å²) in [5.41, 5.74) is 1.45. The Hall–Kier alpha value is -2.05. The monoisotopic (exact) mass is 368 g/mol. The topological polar surface area (TPSA) is 48.5 Å². The first-order chi connectivity index (χ1) is 11.5. The van der Waals surface area contributed by atoms with E-state index in [1.54, 1.807) is 29.2 Å². The molecule has 1 aromatic carbocycles. The van der Waals surface area contributed by atoms with Crippen LogP contribution in [0.1, 0.15) is 0 Å². The van der Waals surface area contributed by atoms with Crippen LogP contribution in [0.25, 0.3) is 0 Å². The van der Waals surface area contributed by atoms with Gasteiger partial charge in [-0.25, -0.2) is 14.2 Å². The van der Waals surface area contributed by atoms with Gasteiger partial charge in [-0.2, -0.15) is 0 Å². The van der Waals surface area contributed by atoms with Crippen LogP contribution in [-0.4, -0.2) is 42.1 Å². The molecule has 3 rings (SSSR count). The zero-order valence-corrected chi connectivity index (χ0v) is 14.2. The number of anilines is 2. The predicted molar refractivity (Wildman–Crippen MR) is 93.5 cm³/mol. The molecule has 1 aromatic heterocycles. The predicted octanol–water partition coefficient (Wildman–Crippen LogP) is 3.88. The molecule has 1 aliphatic heterocycles. The molecule has 0 bridgehead atoms. The van der Waals surface area contributed by atoms with Crippen molar-refractivity contribution in [3.63, 3.8) is 0 Å². The van der Waals surface area contributed by atoms with Crippen LogP contribution in [0.15, 0.2) is 36.4 Å². The Morgan fingerprint density at radius 2 is 1.62 bits per heavy atom. The first kappa shape index (κ1) is 16.8. The van der Waals surface area contributed by atoms with Gasteiger partial charge in [0.05, 0.1) is 0 Å². The molecule has 1 saturated heterocycles. The highest BCUT2D eigenvalue weighted by Gasteiger charge is 2.21. The summed E-state index contributed by atoms with van der Waals surface area (Å²) in [5.74, 6) is -0.258. The van der Waals surface area contributed by atoms with Crippen molar-refractivity contribution in [1.29, 1.82) is 0 Å². The first-order valence-corrected chi connectivity index (χ1v) is 8.16.